The van der Waals surface area contributed by atoms with Gasteiger partial charge in [-0.3, -0.25) is 14.2 Å². The molecular weight excluding hydrogens is 620 g/mol. The van der Waals surface area contributed by atoms with Gasteiger partial charge in [0, 0.05) is 25.8 Å². The average molecular weight is 648 g/mol. The molecule has 2 aliphatic heterocycles. The van der Waals surface area contributed by atoms with E-state index < -0.39 is 39.1 Å². The van der Waals surface area contributed by atoms with Crippen LogP contribution < -0.4 is 4.31 Å². The molecule has 0 radical (unpaired) electrons. The second kappa shape index (κ2) is 13.6. The minimum absolute atomic E-state index is 0.375. The molecule has 3 aromatic rings. The Kier molecular flexibility index (Phi) is 10.6. The maximum Gasteiger partial charge on any atom is 0.490 e. The lowest BCUT2D eigenvalue weighted by atomic mass is 9.87. The van der Waals surface area contributed by atoms with E-state index in [4.69, 9.17) is 19.8 Å². The molecule has 16 heteroatoms. The van der Waals surface area contributed by atoms with E-state index >= 15 is 0 Å². The van der Waals surface area contributed by atoms with Crippen LogP contribution in [0.4, 0.5) is 32.0 Å². The van der Waals surface area contributed by atoms with Crippen molar-refractivity contribution < 1.29 is 54.6 Å². The maximum atomic E-state index is 13.9. The van der Waals surface area contributed by atoms with Crippen LogP contribution in [0, 0.1) is 0 Å². The highest BCUT2D eigenvalue weighted by atomic mass is 32.2. The monoisotopic (exact) mass is 647 g/mol. The van der Waals surface area contributed by atoms with Crippen molar-refractivity contribution in [2.24, 2.45) is 0 Å². The Morgan fingerprint density at radius 3 is 1.77 bits per heavy atom. The largest absolute Gasteiger partial charge is 0.490 e. The van der Waals surface area contributed by atoms with Crippen molar-refractivity contribution >= 4 is 27.6 Å². The van der Waals surface area contributed by atoms with Crippen molar-refractivity contribution in [3.63, 3.8) is 0 Å². The van der Waals surface area contributed by atoms with Crippen LogP contribution in [0.25, 0.3) is 0 Å². The van der Waals surface area contributed by atoms with Crippen molar-refractivity contribution in [2.75, 3.05) is 17.4 Å². The van der Waals surface area contributed by atoms with Crippen molar-refractivity contribution in [2.45, 2.75) is 43.0 Å². The van der Waals surface area contributed by atoms with Crippen molar-refractivity contribution in [1.29, 1.82) is 0 Å². The number of alkyl halides is 6. The van der Waals surface area contributed by atoms with Gasteiger partial charge < -0.3 is 10.2 Å². The van der Waals surface area contributed by atoms with Gasteiger partial charge in [-0.05, 0) is 42.2 Å². The number of aromatic nitrogens is 1. The minimum atomic E-state index is -5.08. The van der Waals surface area contributed by atoms with E-state index in [0.717, 1.165) is 42.1 Å². The first-order valence-electron chi connectivity index (χ1n) is 12.9. The number of hydrogen-bond donors (Lipinski definition) is 2. The molecule has 44 heavy (non-hydrogen) atoms. The Hall–Kier alpha value is -4.18. The number of benzene rings is 2. The van der Waals surface area contributed by atoms with Crippen LogP contribution in [0.3, 0.4) is 0 Å². The molecule has 1 fully saturated rings. The van der Waals surface area contributed by atoms with E-state index in [-0.39, 0.29) is 0 Å². The third kappa shape index (κ3) is 8.05. The Labute approximate surface area is 248 Å². The zero-order valence-electron chi connectivity index (χ0n) is 22.8. The van der Waals surface area contributed by atoms with E-state index in [1.54, 1.807) is 10.5 Å². The van der Waals surface area contributed by atoms with E-state index in [1.165, 1.54) is 0 Å². The highest BCUT2D eigenvalue weighted by Crippen LogP contribution is 2.53. The first-order chi connectivity index (χ1) is 20.5. The summed E-state index contributed by atoms with van der Waals surface area (Å²) in [6.07, 6.45) is -7.16. The summed E-state index contributed by atoms with van der Waals surface area (Å²) < 4.78 is 92.1. The standard InChI is InChI=1S/C24H25N3O2S.2C2HF3O2/c28-30(29)24(13-16-26(17-14-24)19-21-10-6-7-15-25-21)22-11-4-5-12-23(22)27(30)18-20-8-2-1-3-9-20;2*3-2(4,5)1(6)7/h1-12,15H,13-14,16-19H2;2*(H,6,7). The number of anilines is 1. The third-order valence-electron chi connectivity index (χ3n) is 6.88. The summed E-state index contributed by atoms with van der Waals surface area (Å²) in [5.41, 5.74) is 3.81. The van der Waals surface area contributed by atoms with Gasteiger partial charge in [-0.25, -0.2) is 18.0 Å². The molecular formula is C28H27F6N3O6S. The fourth-order valence-electron chi connectivity index (χ4n) is 4.80. The summed E-state index contributed by atoms with van der Waals surface area (Å²) in [5.74, 6) is -5.51. The fraction of sp³-hybridized carbons (Fsp3) is 0.321. The van der Waals surface area contributed by atoms with Crippen LogP contribution in [-0.4, -0.2) is 65.9 Å². The number of sulfonamides is 1. The zero-order valence-corrected chi connectivity index (χ0v) is 23.6. The third-order valence-corrected chi connectivity index (χ3v) is 9.40. The molecule has 2 aromatic carbocycles. The van der Waals surface area contributed by atoms with Gasteiger partial charge >= 0.3 is 24.3 Å². The van der Waals surface area contributed by atoms with Crippen LogP contribution in [0.1, 0.15) is 29.7 Å². The Balaban J connectivity index is 0.000000317. The molecule has 1 aromatic heterocycles. The number of fused-ring (bicyclic) bond motifs is 2. The van der Waals surface area contributed by atoms with Crippen LogP contribution in [-0.2, 0) is 37.4 Å². The number of pyridine rings is 1. The Morgan fingerprint density at radius 2 is 1.27 bits per heavy atom. The van der Waals surface area contributed by atoms with Gasteiger partial charge in [0.05, 0.1) is 17.9 Å². The Bertz CT molecular complexity index is 1500. The van der Waals surface area contributed by atoms with E-state index in [9.17, 15) is 34.8 Å². The smallest absolute Gasteiger partial charge is 0.475 e. The number of carbonyl (C=O) groups is 2. The first kappa shape index (κ1) is 34.3. The van der Waals surface area contributed by atoms with Crippen molar-refractivity contribution in [3.8, 4) is 0 Å². The lowest BCUT2D eigenvalue weighted by Gasteiger charge is -2.39. The minimum Gasteiger partial charge on any atom is -0.475 e. The topological polar surface area (TPSA) is 128 Å². The number of halogens is 6. The predicted octanol–water partition coefficient (Wildman–Crippen LogP) is 5.19. The number of carboxylic acid groups (broad SMARTS) is 2. The number of hydrogen-bond acceptors (Lipinski definition) is 6. The molecule has 9 nitrogen and oxygen atoms in total. The normalized spacial score (nSPS) is 17.0. The van der Waals surface area contributed by atoms with Gasteiger partial charge in [0.15, 0.2) is 0 Å². The second-order valence-electron chi connectivity index (χ2n) is 9.71. The number of aliphatic carboxylic acids is 2. The van der Waals surface area contributed by atoms with Gasteiger partial charge in [0.2, 0.25) is 10.0 Å². The Morgan fingerprint density at radius 1 is 0.773 bits per heavy atom. The number of piperidine rings is 1. The lowest BCUT2D eigenvalue weighted by Crippen LogP contribution is -2.48. The zero-order chi connectivity index (χ0) is 32.8. The number of rotatable bonds is 4. The highest BCUT2D eigenvalue weighted by Gasteiger charge is 2.56. The summed E-state index contributed by atoms with van der Waals surface area (Å²) in [6, 6.07) is 23.6. The first-order valence-corrected chi connectivity index (χ1v) is 14.3. The fourth-order valence-corrected chi connectivity index (χ4v) is 7.10. The molecule has 2 aliphatic rings. The molecule has 0 atom stereocenters. The van der Waals surface area contributed by atoms with E-state index in [2.05, 4.69) is 9.88 Å². The molecule has 0 saturated carbocycles. The van der Waals surface area contributed by atoms with Gasteiger partial charge in [0.25, 0.3) is 0 Å². The summed E-state index contributed by atoms with van der Waals surface area (Å²) in [6.45, 7) is 2.61. The maximum absolute atomic E-state index is 13.9. The molecule has 1 saturated heterocycles. The van der Waals surface area contributed by atoms with Gasteiger partial charge in [-0.1, -0.05) is 54.6 Å². The molecule has 0 aliphatic carbocycles. The van der Waals surface area contributed by atoms with Crippen LogP contribution in [0.15, 0.2) is 79.0 Å². The lowest BCUT2D eigenvalue weighted by molar-refractivity contribution is -0.193. The molecule has 5 rings (SSSR count). The molecule has 3 heterocycles. The van der Waals surface area contributed by atoms with Crippen LogP contribution in [0.2, 0.25) is 0 Å². The van der Waals surface area contributed by atoms with Gasteiger partial charge in [-0.15, -0.1) is 0 Å². The SMILES string of the molecule is O=C(O)C(F)(F)F.O=C(O)C(F)(F)F.O=S1(=O)N(Cc2ccccc2)c2ccccc2C12CCN(Cc1ccccn1)CC2. The average Bonchev–Trinajstić information content (AvgIpc) is 3.13. The van der Waals surface area contributed by atoms with Crippen LogP contribution in [0.5, 0.6) is 0 Å². The summed E-state index contributed by atoms with van der Waals surface area (Å²) in [7, 11) is -3.51. The van der Waals surface area contributed by atoms with Gasteiger partial charge in [0.1, 0.15) is 4.75 Å². The number of carboxylic acids is 2. The van der Waals surface area contributed by atoms with Crippen molar-refractivity contribution in [1.82, 2.24) is 9.88 Å². The van der Waals surface area contributed by atoms with E-state index in [0.29, 0.717) is 19.4 Å². The molecule has 2 N–H and O–H groups in total. The van der Waals surface area contributed by atoms with Crippen LogP contribution >= 0.6 is 0 Å². The molecule has 0 amide bonds. The van der Waals surface area contributed by atoms with Gasteiger partial charge in [-0.2, -0.15) is 26.3 Å². The van der Waals surface area contributed by atoms with E-state index in [1.807, 2.05) is 72.8 Å². The summed E-state index contributed by atoms with van der Waals surface area (Å²) in [5, 5.41) is 14.2. The van der Waals surface area contributed by atoms with Crippen molar-refractivity contribution in [3.05, 3.63) is 95.8 Å². The number of likely N-dealkylation sites (tertiary alicyclic amines) is 1. The molecule has 0 bridgehead atoms. The predicted molar refractivity (Wildman–Crippen MR) is 146 cm³/mol. The molecule has 1 spiro atoms. The number of nitrogens with zero attached hydrogens (tertiary/aromatic N) is 3. The quantitative estimate of drug-likeness (QED) is 0.371. The molecule has 238 valence electrons. The summed E-state index contributed by atoms with van der Waals surface area (Å²) >= 11 is 0. The highest BCUT2D eigenvalue weighted by molar-refractivity contribution is 7.94. The number of para-hydroxylation sites is 1. The second-order valence-corrected chi connectivity index (χ2v) is 11.9. The summed E-state index contributed by atoms with van der Waals surface area (Å²) in [4.78, 5) is 24.5. The molecule has 0 unspecified atom stereocenters.